The number of hydrogen-bond donors (Lipinski definition) is 0. The lowest BCUT2D eigenvalue weighted by Crippen LogP contribution is -2.28. The van der Waals surface area contributed by atoms with Crippen molar-refractivity contribution in [2.45, 2.75) is 31.7 Å². The van der Waals surface area contributed by atoms with E-state index in [9.17, 15) is 18.0 Å². The third-order valence-corrected chi connectivity index (χ3v) is 5.65. The zero-order valence-corrected chi connectivity index (χ0v) is 18.6. The minimum absolute atomic E-state index is 0.0549. The molecule has 0 aliphatic carbocycles. The summed E-state index contributed by atoms with van der Waals surface area (Å²) in [5, 5.41) is 3.92. The van der Waals surface area contributed by atoms with E-state index in [2.05, 4.69) is 14.9 Å². The molecule has 180 valence electrons. The Labute approximate surface area is 193 Å². The van der Waals surface area contributed by atoms with Crippen LogP contribution in [0.2, 0.25) is 0 Å². The van der Waals surface area contributed by atoms with Gasteiger partial charge in [0.15, 0.2) is 11.5 Å². The molecule has 3 aromatic rings. The molecule has 34 heavy (non-hydrogen) atoms. The maximum Gasteiger partial charge on any atom is 0.573 e. The van der Waals surface area contributed by atoms with Crippen molar-refractivity contribution in [2.24, 2.45) is 0 Å². The largest absolute Gasteiger partial charge is 0.573 e. The van der Waals surface area contributed by atoms with E-state index in [1.54, 1.807) is 25.2 Å². The molecule has 0 bridgehead atoms. The van der Waals surface area contributed by atoms with Crippen LogP contribution in [0.1, 0.15) is 36.8 Å². The van der Waals surface area contributed by atoms with Gasteiger partial charge in [0.1, 0.15) is 5.75 Å². The molecule has 1 aromatic heterocycles. The Morgan fingerprint density at radius 3 is 2.44 bits per heavy atom. The highest BCUT2D eigenvalue weighted by molar-refractivity contribution is 5.80. The van der Waals surface area contributed by atoms with E-state index < -0.39 is 6.36 Å². The van der Waals surface area contributed by atoms with Crippen molar-refractivity contribution in [3.63, 3.8) is 0 Å². The van der Waals surface area contributed by atoms with Crippen LogP contribution in [0.25, 0.3) is 11.4 Å². The zero-order valence-electron chi connectivity index (χ0n) is 18.6. The number of halogens is 3. The summed E-state index contributed by atoms with van der Waals surface area (Å²) in [6, 6.07) is 10.4. The molecule has 0 radical (unpaired) electrons. The number of carbonyl (C=O) groups is 1. The van der Waals surface area contributed by atoms with Crippen LogP contribution >= 0.6 is 0 Å². The maximum atomic E-state index is 12.8. The van der Waals surface area contributed by atoms with Gasteiger partial charge in [-0.1, -0.05) is 11.2 Å². The molecule has 2 aromatic carbocycles. The van der Waals surface area contributed by atoms with Crippen molar-refractivity contribution in [2.75, 3.05) is 20.8 Å². The molecule has 2 heterocycles. The normalized spacial score (nSPS) is 17.1. The van der Waals surface area contributed by atoms with Gasteiger partial charge in [-0.15, -0.1) is 13.2 Å². The first-order chi connectivity index (χ1) is 16.2. The van der Waals surface area contributed by atoms with Crippen molar-refractivity contribution in [1.82, 2.24) is 15.0 Å². The standard InChI is InChI=1S/C23H22F3N3O5/c1-13(15-6-9-18(31-2)19(10-15)32-3)29-12-16(11-20(29)30)22-27-21(28-34-22)14-4-7-17(8-5-14)33-23(24,25)26/h4-10,13,16H,11-12H2,1-3H3. The quantitative estimate of drug-likeness (QED) is 0.486. The Balaban J connectivity index is 1.46. The summed E-state index contributed by atoms with van der Waals surface area (Å²) in [5.41, 5.74) is 1.35. The van der Waals surface area contributed by atoms with Crippen LogP contribution in [0.4, 0.5) is 13.2 Å². The van der Waals surface area contributed by atoms with Crippen molar-refractivity contribution in [3.8, 4) is 28.6 Å². The Morgan fingerprint density at radius 1 is 1.09 bits per heavy atom. The minimum atomic E-state index is -4.77. The molecule has 0 N–H and O–H groups in total. The fourth-order valence-corrected chi connectivity index (χ4v) is 3.89. The Bertz CT molecular complexity index is 1160. The first-order valence-corrected chi connectivity index (χ1v) is 10.4. The van der Waals surface area contributed by atoms with E-state index in [1.165, 1.54) is 24.3 Å². The monoisotopic (exact) mass is 477 g/mol. The molecule has 11 heteroatoms. The molecule has 0 saturated carbocycles. The molecule has 1 aliphatic rings. The summed E-state index contributed by atoms with van der Waals surface area (Å²) < 4.78 is 56.9. The summed E-state index contributed by atoms with van der Waals surface area (Å²) in [4.78, 5) is 18.8. The topological polar surface area (TPSA) is 86.9 Å². The van der Waals surface area contributed by atoms with E-state index in [0.717, 1.165) is 5.56 Å². The van der Waals surface area contributed by atoms with E-state index in [4.69, 9.17) is 14.0 Å². The van der Waals surface area contributed by atoms with Gasteiger partial charge >= 0.3 is 6.36 Å². The molecule has 1 aliphatic heterocycles. The van der Waals surface area contributed by atoms with Crippen LogP contribution in [0.3, 0.4) is 0 Å². The molecule has 2 unspecified atom stereocenters. The second-order valence-electron chi connectivity index (χ2n) is 7.77. The Morgan fingerprint density at radius 2 is 1.79 bits per heavy atom. The van der Waals surface area contributed by atoms with Gasteiger partial charge in [-0.2, -0.15) is 4.98 Å². The van der Waals surface area contributed by atoms with Crippen molar-refractivity contribution >= 4 is 5.91 Å². The van der Waals surface area contributed by atoms with Crippen LogP contribution in [-0.4, -0.2) is 48.1 Å². The number of ether oxygens (including phenoxy) is 3. The number of carbonyl (C=O) groups excluding carboxylic acids is 1. The van der Waals surface area contributed by atoms with Gasteiger partial charge in [0, 0.05) is 18.5 Å². The molecule has 2 atom stereocenters. The summed E-state index contributed by atoms with van der Waals surface area (Å²) in [5.74, 6) is 0.975. The number of likely N-dealkylation sites (tertiary alicyclic amines) is 1. The van der Waals surface area contributed by atoms with E-state index in [-0.39, 0.29) is 35.9 Å². The van der Waals surface area contributed by atoms with E-state index in [0.29, 0.717) is 29.5 Å². The highest BCUT2D eigenvalue weighted by Crippen LogP contribution is 2.37. The predicted molar refractivity (Wildman–Crippen MR) is 113 cm³/mol. The number of amides is 1. The highest BCUT2D eigenvalue weighted by Gasteiger charge is 2.37. The van der Waals surface area contributed by atoms with Crippen LogP contribution in [0.15, 0.2) is 47.0 Å². The third kappa shape index (κ3) is 4.92. The predicted octanol–water partition coefficient (Wildman–Crippen LogP) is 4.73. The third-order valence-electron chi connectivity index (χ3n) is 5.65. The Kier molecular flexibility index (Phi) is 6.36. The summed E-state index contributed by atoms with van der Waals surface area (Å²) in [7, 11) is 3.10. The van der Waals surface area contributed by atoms with Gasteiger partial charge in [-0.05, 0) is 48.9 Å². The lowest BCUT2D eigenvalue weighted by molar-refractivity contribution is -0.274. The van der Waals surface area contributed by atoms with E-state index >= 15 is 0 Å². The molecule has 8 nitrogen and oxygen atoms in total. The number of methoxy groups -OCH3 is 2. The lowest BCUT2D eigenvalue weighted by Gasteiger charge is -2.25. The smallest absolute Gasteiger partial charge is 0.493 e. The van der Waals surface area contributed by atoms with Gasteiger partial charge in [-0.3, -0.25) is 4.79 Å². The number of aromatic nitrogens is 2. The number of nitrogens with zero attached hydrogens (tertiary/aromatic N) is 3. The number of alkyl halides is 3. The van der Waals surface area contributed by atoms with Crippen molar-refractivity contribution < 1.29 is 36.7 Å². The molecule has 1 fully saturated rings. The van der Waals surface area contributed by atoms with Gasteiger partial charge < -0.3 is 23.6 Å². The second-order valence-corrected chi connectivity index (χ2v) is 7.77. The van der Waals surface area contributed by atoms with Gasteiger partial charge in [0.25, 0.3) is 0 Å². The lowest BCUT2D eigenvalue weighted by atomic mass is 10.1. The molecule has 1 amide bonds. The average molecular weight is 477 g/mol. The Hall–Kier alpha value is -3.76. The van der Waals surface area contributed by atoms with Crippen LogP contribution < -0.4 is 14.2 Å². The summed E-state index contributed by atoms with van der Waals surface area (Å²) >= 11 is 0. The first-order valence-electron chi connectivity index (χ1n) is 10.4. The first kappa shape index (κ1) is 23.4. The fraction of sp³-hybridized carbons (Fsp3) is 0.348. The van der Waals surface area contributed by atoms with Crippen molar-refractivity contribution in [3.05, 3.63) is 53.9 Å². The van der Waals surface area contributed by atoms with Gasteiger partial charge in [0.2, 0.25) is 17.6 Å². The number of rotatable bonds is 7. The summed E-state index contributed by atoms with van der Waals surface area (Å²) in [6.45, 7) is 2.31. The zero-order chi connectivity index (χ0) is 24.5. The van der Waals surface area contributed by atoms with Gasteiger partial charge in [-0.25, -0.2) is 0 Å². The summed E-state index contributed by atoms with van der Waals surface area (Å²) in [6.07, 6.45) is -4.56. The highest BCUT2D eigenvalue weighted by atomic mass is 19.4. The number of benzene rings is 2. The fourth-order valence-electron chi connectivity index (χ4n) is 3.89. The van der Waals surface area contributed by atoms with E-state index in [1.807, 2.05) is 19.1 Å². The van der Waals surface area contributed by atoms with Crippen LogP contribution in [-0.2, 0) is 4.79 Å². The molecule has 1 saturated heterocycles. The SMILES string of the molecule is COc1ccc(C(C)N2CC(c3nc(-c4ccc(OC(F)(F)F)cc4)no3)CC2=O)cc1OC. The average Bonchev–Trinajstić information content (AvgIpc) is 3.44. The minimum Gasteiger partial charge on any atom is -0.493 e. The molecular formula is C23H22F3N3O5. The molecule has 4 rings (SSSR count). The van der Waals surface area contributed by atoms with Crippen molar-refractivity contribution in [1.29, 1.82) is 0 Å². The van der Waals surface area contributed by atoms with Crippen LogP contribution in [0, 0.1) is 0 Å². The molecule has 0 spiro atoms. The van der Waals surface area contributed by atoms with Gasteiger partial charge in [0.05, 0.1) is 26.2 Å². The molecular weight excluding hydrogens is 455 g/mol. The number of hydrogen-bond acceptors (Lipinski definition) is 7. The second kappa shape index (κ2) is 9.24. The van der Waals surface area contributed by atoms with Crippen LogP contribution in [0.5, 0.6) is 17.2 Å². The maximum absolute atomic E-state index is 12.8.